The SMILES string of the molecule is COc1cc(C#CC=O)ccc1CC(=O)O. The highest BCUT2D eigenvalue weighted by molar-refractivity contribution is 5.74. The summed E-state index contributed by atoms with van der Waals surface area (Å²) in [6, 6.07) is 4.88. The molecule has 1 aromatic rings. The first-order chi connectivity index (χ1) is 7.67. The smallest absolute Gasteiger partial charge is 0.307 e. The molecule has 1 rings (SSSR count). The lowest BCUT2D eigenvalue weighted by molar-refractivity contribution is -0.136. The van der Waals surface area contributed by atoms with Crippen LogP contribution in [0.25, 0.3) is 0 Å². The molecule has 0 radical (unpaired) electrons. The van der Waals surface area contributed by atoms with Gasteiger partial charge in [-0.1, -0.05) is 12.0 Å². The number of benzene rings is 1. The van der Waals surface area contributed by atoms with Crippen molar-refractivity contribution in [2.75, 3.05) is 7.11 Å². The van der Waals surface area contributed by atoms with Crippen LogP contribution < -0.4 is 4.74 Å². The van der Waals surface area contributed by atoms with E-state index in [0.29, 0.717) is 23.2 Å². The highest BCUT2D eigenvalue weighted by atomic mass is 16.5. The van der Waals surface area contributed by atoms with E-state index >= 15 is 0 Å². The quantitative estimate of drug-likeness (QED) is 0.604. The van der Waals surface area contributed by atoms with Gasteiger partial charge in [0, 0.05) is 11.1 Å². The molecule has 0 atom stereocenters. The van der Waals surface area contributed by atoms with Gasteiger partial charge < -0.3 is 9.84 Å². The van der Waals surface area contributed by atoms with Crippen molar-refractivity contribution in [3.63, 3.8) is 0 Å². The lowest BCUT2D eigenvalue weighted by Gasteiger charge is -2.06. The predicted octanol–water partition coefficient (Wildman–Crippen LogP) is 0.873. The molecule has 0 unspecified atom stereocenters. The third-order valence-electron chi connectivity index (χ3n) is 1.90. The van der Waals surface area contributed by atoms with Gasteiger partial charge in [0.1, 0.15) is 5.75 Å². The van der Waals surface area contributed by atoms with Crippen LogP contribution in [0.1, 0.15) is 11.1 Å². The minimum atomic E-state index is -0.926. The second kappa shape index (κ2) is 5.56. The van der Waals surface area contributed by atoms with Gasteiger partial charge in [-0.15, -0.1) is 0 Å². The van der Waals surface area contributed by atoms with Crippen molar-refractivity contribution < 1.29 is 19.4 Å². The molecule has 0 aromatic heterocycles. The standard InChI is InChI=1S/C12H10O4/c1-16-11-7-9(3-2-6-13)4-5-10(11)8-12(14)15/h4-7H,8H2,1H3,(H,14,15). The van der Waals surface area contributed by atoms with Crippen LogP contribution in [0, 0.1) is 11.8 Å². The van der Waals surface area contributed by atoms with Crippen molar-refractivity contribution in [3.05, 3.63) is 29.3 Å². The molecule has 1 N–H and O–H groups in total. The van der Waals surface area contributed by atoms with Crippen molar-refractivity contribution in [1.29, 1.82) is 0 Å². The van der Waals surface area contributed by atoms with Gasteiger partial charge in [-0.25, -0.2) is 0 Å². The number of carboxylic acid groups (broad SMARTS) is 1. The Hall–Kier alpha value is -2.28. The molecule has 0 fully saturated rings. The molecular formula is C12H10O4. The highest BCUT2D eigenvalue weighted by Crippen LogP contribution is 2.20. The van der Waals surface area contributed by atoms with E-state index in [0.717, 1.165) is 0 Å². The first kappa shape index (κ1) is 11.8. The van der Waals surface area contributed by atoms with Crippen LogP contribution in [-0.4, -0.2) is 24.5 Å². The number of ether oxygens (including phenoxy) is 1. The average Bonchev–Trinajstić information content (AvgIpc) is 2.27. The van der Waals surface area contributed by atoms with Crippen molar-refractivity contribution in [2.45, 2.75) is 6.42 Å². The molecule has 1 aromatic carbocycles. The van der Waals surface area contributed by atoms with E-state index in [4.69, 9.17) is 9.84 Å². The van der Waals surface area contributed by atoms with Crippen LogP contribution in [0.15, 0.2) is 18.2 Å². The molecule has 82 valence electrons. The first-order valence-corrected chi connectivity index (χ1v) is 4.51. The molecule has 0 amide bonds. The zero-order valence-corrected chi connectivity index (χ0v) is 8.69. The van der Waals surface area contributed by atoms with E-state index in [1.165, 1.54) is 7.11 Å². The van der Waals surface area contributed by atoms with Gasteiger partial charge >= 0.3 is 5.97 Å². The molecule has 0 spiro atoms. The van der Waals surface area contributed by atoms with Gasteiger partial charge in [0.15, 0.2) is 6.29 Å². The summed E-state index contributed by atoms with van der Waals surface area (Å²) in [7, 11) is 1.46. The lowest BCUT2D eigenvalue weighted by atomic mass is 10.1. The number of hydrogen-bond donors (Lipinski definition) is 1. The molecule has 0 heterocycles. The third kappa shape index (κ3) is 3.14. The van der Waals surface area contributed by atoms with Crippen LogP contribution >= 0.6 is 0 Å². The molecule has 0 aliphatic rings. The summed E-state index contributed by atoms with van der Waals surface area (Å²) < 4.78 is 5.05. The molecule has 16 heavy (non-hydrogen) atoms. The van der Waals surface area contributed by atoms with Gasteiger partial charge in [0.05, 0.1) is 13.5 Å². The Morgan fingerprint density at radius 1 is 1.56 bits per heavy atom. The summed E-state index contributed by atoms with van der Waals surface area (Å²) >= 11 is 0. The van der Waals surface area contributed by atoms with Crippen molar-refractivity contribution in [2.24, 2.45) is 0 Å². The van der Waals surface area contributed by atoms with E-state index < -0.39 is 5.97 Å². The van der Waals surface area contributed by atoms with Gasteiger partial charge in [-0.3, -0.25) is 9.59 Å². The fraction of sp³-hybridized carbons (Fsp3) is 0.167. The minimum absolute atomic E-state index is 0.107. The summed E-state index contributed by atoms with van der Waals surface area (Å²) in [6.45, 7) is 0. The maximum absolute atomic E-state index is 10.6. The van der Waals surface area contributed by atoms with Gasteiger partial charge in [-0.05, 0) is 18.1 Å². The summed E-state index contributed by atoms with van der Waals surface area (Å²) in [5.74, 6) is 4.41. The maximum atomic E-state index is 10.6. The Morgan fingerprint density at radius 2 is 2.31 bits per heavy atom. The second-order valence-electron chi connectivity index (χ2n) is 2.98. The first-order valence-electron chi connectivity index (χ1n) is 4.51. The Kier molecular flexibility index (Phi) is 4.10. The fourth-order valence-electron chi connectivity index (χ4n) is 1.24. The van der Waals surface area contributed by atoms with Crippen molar-refractivity contribution in [1.82, 2.24) is 0 Å². The number of rotatable bonds is 3. The molecular weight excluding hydrogens is 208 g/mol. The lowest BCUT2D eigenvalue weighted by Crippen LogP contribution is -2.02. The molecule has 0 saturated carbocycles. The average molecular weight is 218 g/mol. The van der Waals surface area contributed by atoms with Crippen LogP contribution in [0.5, 0.6) is 5.75 Å². The number of hydrogen-bond acceptors (Lipinski definition) is 3. The highest BCUT2D eigenvalue weighted by Gasteiger charge is 2.07. The van der Waals surface area contributed by atoms with E-state index in [-0.39, 0.29) is 6.42 Å². The minimum Gasteiger partial charge on any atom is -0.496 e. The summed E-state index contributed by atoms with van der Waals surface area (Å²) in [6.07, 6.45) is 0.391. The Bertz CT molecular complexity index is 466. The summed E-state index contributed by atoms with van der Waals surface area (Å²) in [4.78, 5) is 20.6. The Labute approximate surface area is 92.9 Å². The normalized spacial score (nSPS) is 8.81. The monoisotopic (exact) mass is 218 g/mol. The van der Waals surface area contributed by atoms with E-state index in [2.05, 4.69) is 11.8 Å². The molecule has 4 nitrogen and oxygen atoms in total. The number of aliphatic carboxylic acids is 1. The molecule has 0 bridgehead atoms. The largest absolute Gasteiger partial charge is 0.496 e. The molecule has 0 aliphatic carbocycles. The number of carbonyl (C=O) groups is 2. The number of carbonyl (C=O) groups excluding carboxylic acids is 1. The fourth-order valence-corrected chi connectivity index (χ4v) is 1.24. The van der Waals surface area contributed by atoms with Gasteiger partial charge in [-0.2, -0.15) is 0 Å². The zero-order chi connectivity index (χ0) is 12.0. The number of methoxy groups -OCH3 is 1. The van der Waals surface area contributed by atoms with Crippen LogP contribution in [0.2, 0.25) is 0 Å². The number of carboxylic acids is 1. The third-order valence-corrected chi connectivity index (χ3v) is 1.90. The summed E-state index contributed by atoms with van der Waals surface area (Å²) in [5, 5.41) is 8.67. The zero-order valence-electron chi connectivity index (χ0n) is 8.69. The van der Waals surface area contributed by atoms with Gasteiger partial charge in [0.25, 0.3) is 0 Å². The van der Waals surface area contributed by atoms with E-state index in [9.17, 15) is 9.59 Å². The Balaban J connectivity index is 3.05. The van der Waals surface area contributed by atoms with Crippen molar-refractivity contribution >= 4 is 12.3 Å². The predicted molar refractivity (Wildman–Crippen MR) is 57.3 cm³/mol. The van der Waals surface area contributed by atoms with Gasteiger partial charge in [0.2, 0.25) is 0 Å². The molecule has 0 saturated heterocycles. The van der Waals surface area contributed by atoms with Crippen LogP contribution in [0.4, 0.5) is 0 Å². The van der Waals surface area contributed by atoms with E-state index in [1.807, 2.05) is 0 Å². The van der Waals surface area contributed by atoms with Crippen LogP contribution in [-0.2, 0) is 16.0 Å². The maximum Gasteiger partial charge on any atom is 0.307 e. The molecule has 0 aliphatic heterocycles. The molecule has 4 heteroatoms. The summed E-state index contributed by atoms with van der Waals surface area (Å²) in [5.41, 5.74) is 1.18. The van der Waals surface area contributed by atoms with E-state index in [1.54, 1.807) is 18.2 Å². The van der Waals surface area contributed by atoms with Crippen LogP contribution in [0.3, 0.4) is 0 Å². The Morgan fingerprint density at radius 3 is 2.88 bits per heavy atom. The van der Waals surface area contributed by atoms with Crippen molar-refractivity contribution in [3.8, 4) is 17.6 Å². The topological polar surface area (TPSA) is 63.6 Å². The second-order valence-corrected chi connectivity index (χ2v) is 2.98. The number of aldehydes is 1.